The first kappa shape index (κ1) is 8.93. The van der Waals surface area contributed by atoms with Gasteiger partial charge in [0, 0.05) is 0 Å². The minimum absolute atomic E-state index is 0.317. The predicted molar refractivity (Wildman–Crippen MR) is 53.6 cm³/mol. The number of allylic oxidation sites excluding steroid dienone is 2. The van der Waals surface area contributed by atoms with Crippen LogP contribution in [0.5, 0.6) is 0 Å². The third-order valence-electron chi connectivity index (χ3n) is 5.15. The van der Waals surface area contributed by atoms with Crippen molar-refractivity contribution in [2.24, 2.45) is 23.7 Å². The van der Waals surface area contributed by atoms with Gasteiger partial charge in [-0.2, -0.15) is 0 Å². The summed E-state index contributed by atoms with van der Waals surface area (Å²) in [6, 6.07) is 0. The van der Waals surface area contributed by atoms with Crippen molar-refractivity contribution in [3.63, 3.8) is 0 Å². The van der Waals surface area contributed by atoms with Crippen molar-refractivity contribution in [1.29, 1.82) is 0 Å². The van der Waals surface area contributed by atoms with Crippen molar-refractivity contribution in [3.05, 3.63) is 12.2 Å². The lowest BCUT2D eigenvalue weighted by molar-refractivity contribution is -0.111. The van der Waals surface area contributed by atoms with Crippen LogP contribution in [0.2, 0.25) is 0 Å². The zero-order valence-electron chi connectivity index (χ0n) is 8.77. The topological polar surface area (TPSA) is 40.5 Å². The molecule has 0 aromatic carbocycles. The molecule has 4 aliphatic rings. The first-order chi connectivity index (χ1) is 6.48. The van der Waals surface area contributed by atoms with E-state index in [0.29, 0.717) is 23.7 Å². The molecule has 0 radical (unpaired) electrons. The summed E-state index contributed by atoms with van der Waals surface area (Å²) >= 11 is 0. The molecule has 2 N–H and O–H groups in total. The van der Waals surface area contributed by atoms with Crippen LogP contribution in [0.3, 0.4) is 0 Å². The molecule has 4 aliphatic carbocycles. The fraction of sp³-hybridized carbons (Fsp3) is 0.833. The van der Waals surface area contributed by atoms with Crippen molar-refractivity contribution in [2.75, 3.05) is 0 Å². The molecule has 2 unspecified atom stereocenters. The lowest BCUT2D eigenvalue weighted by Gasteiger charge is -2.44. The molecule has 2 heteroatoms. The summed E-state index contributed by atoms with van der Waals surface area (Å²) in [5.74, 6) is 1.67. The van der Waals surface area contributed by atoms with Gasteiger partial charge in [-0.05, 0) is 50.4 Å². The van der Waals surface area contributed by atoms with E-state index in [1.807, 2.05) is 13.8 Å². The minimum Gasteiger partial charge on any atom is -0.387 e. The van der Waals surface area contributed by atoms with E-state index < -0.39 is 11.2 Å². The summed E-state index contributed by atoms with van der Waals surface area (Å²) in [7, 11) is 0. The van der Waals surface area contributed by atoms with Crippen molar-refractivity contribution in [3.8, 4) is 0 Å². The Balaban J connectivity index is 2.05. The second-order valence-electron chi connectivity index (χ2n) is 5.62. The Morgan fingerprint density at radius 2 is 1.29 bits per heavy atom. The number of hydrogen-bond donors (Lipinski definition) is 2. The van der Waals surface area contributed by atoms with Gasteiger partial charge in [0.15, 0.2) is 0 Å². The summed E-state index contributed by atoms with van der Waals surface area (Å²) in [4.78, 5) is 0. The van der Waals surface area contributed by atoms with E-state index in [0.717, 1.165) is 12.8 Å². The van der Waals surface area contributed by atoms with Crippen LogP contribution in [0.1, 0.15) is 26.7 Å². The van der Waals surface area contributed by atoms with E-state index >= 15 is 0 Å². The second-order valence-corrected chi connectivity index (χ2v) is 5.62. The zero-order chi connectivity index (χ0) is 10.1. The number of fused-ring (bicyclic) bond motifs is 1. The van der Waals surface area contributed by atoms with Gasteiger partial charge in [-0.15, -0.1) is 0 Å². The molecule has 0 aromatic rings. The van der Waals surface area contributed by atoms with Crippen molar-refractivity contribution < 1.29 is 10.2 Å². The van der Waals surface area contributed by atoms with Gasteiger partial charge in [-0.1, -0.05) is 12.2 Å². The average molecular weight is 194 g/mol. The highest BCUT2D eigenvalue weighted by atomic mass is 16.4. The van der Waals surface area contributed by atoms with Gasteiger partial charge >= 0.3 is 0 Å². The van der Waals surface area contributed by atoms with Crippen LogP contribution in [0.15, 0.2) is 12.2 Å². The van der Waals surface area contributed by atoms with Gasteiger partial charge in [-0.3, -0.25) is 0 Å². The Bertz CT molecular complexity index is 265. The molecular weight excluding hydrogens is 176 g/mol. The van der Waals surface area contributed by atoms with E-state index in [-0.39, 0.29) is 0 Å². The number of rotatable bonds is 0. The Morgan fingerprint density at radius 1 is 0.929 bits per heavy atom. The Hall–Kier alpha value is -0.340. The monoisotopic (exact) mass is 194 g/mol. The normalized spacial score (nSPS) is 64.9. The molecule has 0 saturated heterocycles. The lowest BCUT2D eigenvalue weighted by Crippen LogP contribution is -2.46. The largest absolute Gasteiger partial charge is 0.387 e. The van der Waals surface area contributed by atoms with Crippen LogP contribution >= 0.6 is 0 Å². The smallest absolute Gasteiger partial charge is 0.0939 e. The molecule has 0 heterocycles. The molecule has 3 fully saturated rings. The summed E-state index contributed by atoms with van der Waals surface area (Å²) in [5, 5.41) is 20.8. The molecular formula is C12H18O2. The van der Waals surface area contributed by atoms with Crippen molar-refractivity contribution in [1.82, 2.24) is 0 Å². The minimum atomic E-state index is -0.876. The van der Waals surface area contributed by atoms with Gasteiger partial charge in [0.25, 0.3) is 0 Å². The van der Waals surface area contributed by atoms with Crippen molar-refractivity contribution in [2.45, 2.75) is 37.9 Å². The van der Waals surface area contributed by atoms with Crippen LogP contribution in [0, 0.1) is 23.7 Å². The molecule has 14 heavy (non-hydrogen) atoms. The first-order valence-electron chi connectivity index (χ1n) is 5.57. The lowest BCUT2D eigenvalue weighted by atomic mass is 9.60. The van der Waals surface area contributed by atoms with Crippen molar-refractivity contribution >= 4 is 0 Å². The number of aliphatic hydroxyl groups is 2. The summed E-state index contributed by atoms with van der Waals surface area (Å²) in [6.45, 7) is 3.63. The quantitative estimate of drug-likeness (QED) is 0.571. The van der Waals surface area contributed by atoms with Crippen LogP contribution in [0.25, 0.3) is 0 Å². The second kappa shape index (κ2) is 2.25. The molecule has 2 nitrogen and oxygen atoms in total. The molecule has 0 amide bonds. The van der Waals surface area contributed by atoms with Crippen LogP contribution in [-0.2, 0) is 0 Å². The Morgan fingerprint density at radius 3 is 1.64 bits per heavy atom. The Kier molecular flexibility index (Phi) is 1.43. The maximum Gasteiger partial charge on any atom is 0.0939 e. The maximum absolute atomic E-state index is 10.4. The summed E-state index contributed by atoms with van der Waals surface area (Å²) in [6.07, 6.45) is 6.51. The predicted octanol–water partition coefficient (Wildman–Crippen LogP) is 1.33. The van der Waals surface area contributed by atoms with Gasteiger partial charge in [0.2, 0.25) is 0 Å². The molecule has 0 aromatic heterocycles. The van der Waals surface area contributed by atoms with E-state index in [1.54, 1.807) is 0 Å². The Labute approximate surface area is 84.6 Å². The third kappa shape index (κ3) is 0.695. The molecule has 3 saturated carbocycles. The van der Waals surface area contributed by atoms with Gasteiger partial charge in [-0.25, -0.2) is 0 Å². The maximum atomic E-state index is 10.4. The van der Waals surface area contributed by atoms with E-state index in [2.05, 4.69) is 12.2 Å². The SMILES string of the molecule is CC1(O)C2C3CC=CCC2C3C1(C)O. The highest BCUT2D eigenvalue weighted by molar-refractivity contribution is 5.27. The van der Waals surface area contributed by atoms with E-state index in [9.17, 15) is 10.2 Å². The molecule has 4 bridgehead atoms. The fourth-order valence-corrected chi connectivity index (χ4v) is 4.37. The zero-order valence-corrected chi connectivity index (χ0v) is 8.77. The molecule has 0 spiro atoms. The summed E-state index contributed by atoms with van der Waals surface area (Å²) in [5.41, 5.74) is -1.75. The fourth-order valence-electron chi connectivity index (χ4n) is 4.37. The summed E-state index contributed by atoms with van der Waals surface area (Å²) < 4.78 is 0. The van der Waals surface area contributed by atoms with Crippen LogP contribution in [-0.4, -0.2) is 21.4 Å². The van der Waals surface area contributed by atoms with Crippen LogP contribution in [0.4, 0.5) is 0 Å². The molecule has 0 aliphatic heterocycles. The van der Waals surface area contributed by atoms with E-state index in [4.69, 9.17) is 0 Å². The molecule has 4 rings (SSSR count). The standard InChI is InChI=1S/C12H18O2/c1-11(13)9-7-5-3-4-6-8(9)10(7)12(11,2)14/h3-4,7-10,13-14H,5-6H2,1-2H3. The molecule has 2 atom stereocenters. The van der Waals surface area contributed by atoms with Gasteiger partial charge in [0.05, 0.1) is 11.2 Å². The van der Waals surface area contributed by atoms with E-state index in [1.165, 1.54) is 0 Å². The molecule has 78 valence electrons. The highest BCUT2D eigenvalue weighted by Gasteiger charge is 2.75. The van der Waals surface area contributed by atoms with Gasteiger partial charge < -0.3 is 10.2 Å². The average Bonchev–Trinajstić information content (AvgIpc) is 2.36. The highest BCUT2D eigenvalue weighted by Crippen LogP contribution is 2.70. The van der Waals surface area contributed by atoms with Gasteiger partial charge in [0.1, 0.15) is 0 Å². The number of hydrogen-bond acceptors (Lipinski definition) is 2. The van der Waals surface area contributed by atoms with Crippen LogP contribution < -0.4 is 0 Å². The first-order valence-corrected chi connectivity index (χ1v) is 5.57. The third-order valence-corrected chi connectivity index (χ3v) is 5.15.